The van der Waals surface area contributed by atoms with Crippen LogP contribution in [0.15, 0.2) is 30.7 Å². The molecule has 0 unspecified atom stereocenters. The van der Waals surface area contributed by atoms with E-state index in [1.807, 2.05) is 24.5 Å². The van der Waals surface area contributed by atoms with Crippen molar-refractivity contribution in [3.8, 4) is 0 Å². The summed E-state index contributed by atoms with van der Waals surface area (Å²) in [7, 11) is 0. The van der Waals surface area contributed by atoms with Crippen molar-refractivity contribution < 1.29 is 9.53 Å². The highest BCUT2D eigenvalue weighted by Crippen LogP contribution is 2.39. The molecule has 29 heavy (non-hydrogen) atoms. The van der Waals surface area contributed by atoms with E-state index >= 15 is 0 Å². The molecule has 0 bridgehead atoms. The topological polar surface area (TPSA) is 92.3 Å². The fraction of sp³-hybridized carbons (Fsp3) is 0.524. The third-order valence-electron chi connectivity index (χ3n) is 5.88. The van der Waals surface area contributed by atoms with Crippen LogP contribution in [0.2, 0.25) is 0 Å². The molecule has 0 aromatic carbocycles. The molecule has 2 saturated carbocycles. The monoisotopic (exact) mass is 394 g/mol. The van der Waals surface area contributed by atoms with Crippen LogP contribution in [0, 0.1) is 0 Å². The Hall–Kier alpha value is -2.74. The fourth-order valence-corrected chi connectivity index (χ4v) is 4.10. The van der Waals surface area contributed by atoms with Gasteiger partial charge >= 0.3 is 0 Å². The lowest BCUT2D eigenvalue weighted by atomic mass is 10.2. The molecule has 3 heterocycles. The van der Waals surface area contributed by atoms with Crippen LogP contribution in [0.25, 0.3) is 0 Å². The number of nitrogens with zero attached hydrogens (tertiary/aromatic N) is 4. The van der Waals surface area contributed by atoms with E-state index in [4.69, 9.17) is 4.74 Å². The smallest absolute Gasteiger partial charge is 0.253 e. The van der Waals surface area contributed by atoms with Gasteiger partial charge in [0.2, 0.25) is 5.95 Å². The van der Waals surface area contributed by atoms with Gasteiger partial charge in [-0.1, -0.05) is 0 Å². The SMILES string of the molecule is O=C1COCCN1c1ccc(N[C@H]2CC[C@H](Nc3ncc(C4CC4)cn3)C2)nc1. The Kier molecular flexibility index (Phi) is 5.01. The van der Waals surface area contributed by atoms with Gasteiger partial charge in [-0.05, 0) is 55.7 Å². The number of morpholine rings is 1. The molecule has 3 aliphatic rings. The second-order valence-electron chi connectivity index (χ2n) is 8.11. The third kappa shape index (κ3) is 4.32. The van der Waals surface area contributed by atoms with E-state index in [1.54, 1.807) is 11.1 Å². The first-order valence-corrected chi connectivity index (χ1v) is 10.4. The van der Waals surface area contributed by atoms with Gasteiger partial charge in [0, 0.05) is 31.0 Å². The van der Waals surface area contributed by atoms with Crippen LogP contribution in [0.1, 0.15) is 43.6 Å². The summed E-state index contributed by atoms with van der Waals surface area (Å²) in [5.41, 5.74) is 2.08. The normalized spacial score (nSPS) is 24.6. The van der Waals surface area contributed by atoms with Gasteiger partial charge in [-0.2, -0.15) is 0 Å². The minimum Gasteiger partial charge on any atom is -0.370 e. The lowest BCUT2D eigenvalue weighted by molar-refractivity contribution is -0.125. The molecular weight excluding hydrogens is 368 g/mol. The van der Waals surface area contributed by atoms with Crippen LogP contribution < -0.4 is 15.5 Å². The molecule has 2 aromatic heterocycles. The largest absolute Gasteiger partial charge is 0.370 e. The van der Waals surface area contributed by atoms with Gasteiger partial charge < -0.3 is 20.3 Å². The Labute approximate surface area is 170 Å². The van der Waals surface area contributed by atoms with Crippen molar-refractivity contribution in [3.05, 3.63) is 36.3 Å². The summed E-state index contributed by atoms with van der Waals surface area (Å²) in [4.78, 5) is 27.1. The van der Waals surface area contributed by atoms with E-state index in [1.165, 1.54) is 18.4 Å². The standard InChI is InChI=1S/C21H26N6O2/c28-20-13-29-8-7-27(20)18-5-6-19(22-12-18)25-16-3-4-17(9-16)26-21-23-10-15(11-24-21)14-1-2-14/h5-6,10-12,14,16-17H,1-4,7-9,13H2,(H,22,25)(H,23,24,26)/t16-,17-/m0/s1. The summed E-state index contributed by atoms with van der Waals surface area (Å²) in [6.07, 6.45) is 11.4. The van der Waals surface area contributed by atoms with Crippen LogP contribution in [0.4, 0.5) is 17.5 Å². The minimum atomic E-state index is -0.0177. The molecule has 8 heteroatoms. The van der Waals surface area contributed by atoms with Crippen molar-refractivity contribution in [2.45, 2.75) is 50.1 Å². The van der Waals surface area contributed by atoms with E-state index in [2.05, 4.69) is 25.6 Å². The summed E-state index contributed by atoms with van der Waals surface area (Å²) in [5.74, 6) is 2.23. The number of hydrogen-bond donors (Lipinski definition) is 2. The quantitative estimate of drug-likeness (QED) is 0.778. The third-order valence-corrected chi connectivity index (χ3v) is 5.88. The maximum absolute atomic E-state index is 11.9. The first-order valence-electron chi connectivity index (χ1n) is 10.4. The molecular formula is C21H26N6O2. The van der Waals surface area contributed by atoms with E-state index < -0.39 is 0 Å². The van der Waals surface area contributed by atoms with Crippen LogP contribution in [0.3, 0.4) is 0 Å². The average Bonchev–Trinajstić information content (AvgIpc) is 3.51. The highest BCUT2D eigenvalue weighted by molar-refractivity contribution is 5.94. The predicted octanol–water partition coefficient (Wildman–Crippen LogP) is 2.56. The van der Waals surface area contributed by atoms with Crippen molar-refractivity contribution >= 4 is 23.4 Å². The summed E-state index contributed by atoms with van der Waals surface area (Å²) in [6.45, 7) is 1.28. The zero-order valence-corrected chi connectivity index (χ0v) is 16.4. The van der Waals surface area contributed by atoms with Crippen LogP contribution in [0.5, 0.6) is 0 Å². The zero-order chi connectivity index (χ0) is 19.6. The Morgan fingerprint density at radius 2 is 1.76 bits per heavy atom. The summed E-state index contributed by atoms with van der Waals surface area (Å²) in [6, 6.07) is 4.61. The molecule has 2 aromatic rings. The highest BCUT2D eigenvalue weighted by Gasteiger charge is 2.27. The van der Waals surface area contributed by atoms with Crippen LogP contribution in [-0.4, -0.2) is 52.7 Å². The highest BCUT2D eigenvalue weighted by atomic mass is 16.5. The number of rotatable bonds is 6. The van der Waals surface area contributed by atoms with Gasteiger partial charge in [-0.3, -0.25) is 4.79 Å². The number of ether oxygens (including phenoxy) is 1. The van der Waals surface area contributed by atoms with Gasteiger partial charge in [-0.25, -0.2) is 15.0 Å². The van der Waals surface area contributed by atoms with Crippen molar-refractivity contribution in [1.82, 2.24) is 15.0 Å². The average molecular weight is 394 g/mol. The molecule has 1 aliphatic heterocycles. The molecule has 5 rings (SSSR count). The van der Waals surface area contributed by atoms with Crippen LogP contribution >= 0.6 is 0 Å². The van der Waals surface area contributed by atoms with E-state index in [0.29, 0.717) is 31.2 Å². The van der Waals surface area contributed by atoms with Gasteiger partial charge in [-0.15, -0.1) is 0 Å². The number of amides is 1. The molecule has 1 saturated heterocycles. The minimum absolute atomic E-state index is 0.0177. The van der Waals surface area contributed by atoms with Crippen molar-refractivity contribution in [2.24, 2.45) is 0 Å². The number of carbonyl (C=O) groups is 1. The van der Waals surface area contributed by atoms with E-state index in [-0.39, 0.29) is 12.5 Å². The number of carbonyl (C=O) groups excluding carboxylic acids is 1. The zero-order valence-electron chi connectivity index (χ0n) is 16.4. The Morgan fingerprint density at radius 1 is 0.966 bits per heavy atom. The molecule has 2 atom stereocenters. The van der Waals surface area contributed by atoms with Gasteiger partial charge in [0.05, 0.1) is 18.5 Å². The first kappa shape index (κ1) is 18.3. The Bertz CT molecular complexity index is 852. The Morgan fingerprint density at radius 3 is 2.45 bits per heavy atom. The maximum Gasteiger partial charge on any atom is 0.253 e. The first-order chi connectivity index (χ1) is 14.2. The molecule has 2 N–H and O–H groups in total. The second-order valence-corrected chi connectivity index (χ2v) is 8.11. The van der Waals surface area contributed by atoms with Crippen molar-refractivity contribution in [2.75, 3.05) is 35.3 Å². The van der Waals surface area contributed by atoms with Gasteiger partial charge in [0.1, 0.15) is 12.4 Å². The fourth-order valence-electron chi connectivity index (χ4n) is 4.10. The molecule has 152 valence electrons. The lowest BCUT2D eigenvalue weighted by Gasteiger charge is -2.26. The molecule has 2 aliphatic carbocycles. The number of hydrogen-bond acceptors (Lipinski definition) is 7. The summed E-state index contributed by atoms with van der Waals surface area (Å²) in [5, 5.41) is 6.97. The molecule has 3 fully saturated rings. The van der Waals surface area contributed by atoms with Gasteiger partial charge in [0.25, 0.3) is 5.91 Å². The Balaban J connectivity index is 1.13. The molecule has 1 amide bonds. The van der Waals surface area contributed by atoms with Crippen molar-refractivity contribution in [3.63, 3.8) is 0 Å². The molecule has 8 nitrogen and oxygen atoms in total. The van der Waals surface area contributed by atoms with Crippen LogP contribution in [-0.2, 0) is 9.53 Å². The molecule has 0 spiro atoms. The number of aromatic nitrogens is 3. The van der Waals surface area contributed by atoms with E-state index in [9.17, 15) is 4.79 Å². The summed E-state index contributed by atoms with van der Waals surface area (Å²) >= 11 is 0. The second kappa shape index (κ2) is 7.94. The number of anilines is 3. The number of nitrogens with one attached hydrogen (secondary N) is 2. The molecule has 0 radical (unpaired) electrons. The van der Waals surface area contributed by atoms with Gasteiger partial charge in [0.15, 0.2) is 0 Å². The predicted molar refractivity (Wildman–Crippen MR) is 110 cm³/mol. The lowest BCUT2D eigenvalue weighted by Crippen LogP contribution is -2.41. The number of pyridine rings is 1. The summed E-state index contributed by atoms with van der Waals surface area (Å²) < 4.78 is 5.18. The maximum atomic E-state index is 11.9. The van der Waals surface area contributed by atoms with E-state index in [0.717, 1.165) is 36.7 Å². The van der Waals surface area contributed by atoms with Crippen molar-refractivity contribution in [1.29, 1.82) is 0 Å².